The molecule has 3 heteroatoms. The second-order valence-corrected chi connectivity index (χ2v) is 5.83. The molecule has 0 atom stereocenters. The molecule has 0 saturated heterocycles. The van der Waals surface area contributed by atoms with Crippen LogP contribution in [0.1, 0.15) is 16.7 Å². The Morgan fingerprint density at radius 3 is 2.63 bits per heavy atom. The number of benzene rings is 2. The van der Waals surface area contributed by atoms with E-state index in [1.54, 1.807) is 0 Å². The average molecular weight is 337 g/mol. The van der Waals surface area contributed by atoms with Gasteiger partial charge in [-0.2, -0.15) is 0 Å². The van der Waals surface area contributed by atoms with Gasteiger partial charge in [-0.25, -0.2) is 0 Å². The summed E-state index contributed by atoms with van der Waals surface area (Å²) < 4.78 is 0. The average Bonchev–Trinajstić information content (AvgIpc) is 2.46. The molecule has 0 amide bonds. The third-order valence-corrected chi connectivity index (χ3v) is 4.59. The van der Waals surface area contributed by atoms with Gasteiger partial charge in [-0.1, -0.05) is 57.9 Å². The van der Waals surface area contributed by atoms with E-state index in [9.17, 15) is 0 Å². The molecule has 0 fully saturated rings. The Bertz CT molecular complexity index is 597. The molecule has 1 nitrogen and oxygen atoms in total. The van der Waals surface area contributed by atoms with Crippen molar-refractivity contribution in [1.29, 1.82) is 0 Å². The summed E-state index contributed by atoms with van der Waals surface area (Å²) >= 11 is 9.87. The van der Waals surface area contributed by atoms with Gasteiger partial charge in [0.05, 0.1) is 10.7 Å². The number of nitrogens with zero attached hydrogens (tertiary/aromatic N) is 1. The Balaban J connectivity index is 1.89. The first-order valence-corrected chi connectivity index (χ1v) is 7.94. The fraction of sp³-hybridized carbons (Fsp3) is 0.250. The molecule has 0 radical (unpaired) electrons. The third kappa shape index (κ3) is 2.65. The summed E-state index contributed by atoms with van der Waals surface area (Å²) in [5, 5.41) is 1.69. The minimum absolute atomic E-state index is 0.843. The van der Waals surface area contributed by atoms with Crippen molar-refractivity contribution in [2.45, 2.75) is 18.3 Å². The standard InChI is InChI=1S/C16H15BrClN/c17-10-12-5-6-16(15(18)9-12)19-8-7-13-3-1-2-4-14(13)11-19/h1-6,9H,7-8,10-11H2. The zero-order valence-electron chi connectivity index (χ0n) is 10.6. The van der Waals surface area contributed by atoms with Gasteiger partial charge in [0, 0.05) is 18.4 Å². The Morgan fingerprint density at radius 1 is 1.11 bits per heavy atom. The summed E-state index contributed by atoms with van der Waals surface area (Å²) in [4.78, 5) is 2.36. The Hall–Kier alpha value is -0.990. The van der Waals surface area contributed by atoms with E-state index >= 15 is 0 Å². The van der Waals surface area contributed by atoms with Crippen molar-refractivity contribution >= 4 is 33.2 Å². The van der Waals surface area contributed by atoms with Gasteiger partial charge in [0.2, 0.25) is 0 Å². The van der Waals surface area contributed by atoms with Crippen molar-refractivity contribution in [1.82, 2.24) is 0 Å². The van der Waals surface area contributed by atoms with E-state index in [2.05, 4.69) is 57.2 Å². The lowest BCUT2D eigenvalue weighted by Crippen LogP contribution is -2.30. The summed E-state index contributed by atoms with van der Waals surface area (Å²) in [5.41, 5.74) is 5.23. The third-order valence-electron chi connectivity index (χ3n) is 3.64. The van der Waals surface area contributed by atoms with Crippen LogP contribution in [0.5, 0.6) is 0 Å². The van der Waals surface area contributed by atoms with Crippen LogP contribution in [0.15, 0.2) is 42.5 Å². The lowest BCUT2D eigenvalue weighted by atomic mass is 9.99. The molecule has 0 aliphatic carbocycles. The highest BCUT2D eigenvalue weighted by molar-refractivity contribution is 9.08. The number of halogens is 2. The maximum absolute atomic E-state index is 6.41. The number of fused-ring (bicyclic) bond motifs is 1. The van der Waals surface area contributed by atoms with E-state index in [1.807, 2.05) is 6.07 Å². The van der Waals surface area contributed by atoms with Crippen molar-refractivity contribution in [3.05, 3.63) is 64.2 Å². The smallest absolute Gasteiger partial charge is 0.0642 e. The first-order chi connectivity index (χ1) is 9.28. The number of hydrogen-bond acceptors (Lipinski definition) is 1. The van der Waals surface area contributed by atoms with E-state index in [-0.39, 0.29) is 0 Å². The number of anilines is 1. The molecule has 0 spiro atoms. The van der Waals surface area contributed by atoms with Crippen LogP contribution < -0.4 is 4.90 Å². The molecular weight excluding hydrogens is 322 g/mol. The van der Waals surface area contributed by atoms with Gasteiger partial charge in [-0.15, -0.1) is 0 Å². The normalized spacial score (nSPS) is 14.3. The molecule has 2 aromatic carbocycles. The van der Waals surface area contributed by atoms with Crippen LogP contribution in [0, 0.1) is 0 Å². The molecule has 1 aliphatic rings. The molecule has 0 unspecified atom stereocenters. The second kappa shape index (κ2) is 5.56. The topological polar surface area (TPSA) is 3.24 Å². The molecule has 98 valence electrons. The highest BCUT2D eigenvalue weighted by atomic mass is 79.9. The van der Waals surface area contributed by atoms with Crippen LogP contribution in [-0.4, -0.2) is 6.54 Å². The Labute approximate surface area is 127 Å². The predicted molar refractivity (Wildman–Crippen MR) is 85.3 cm³/mol. The van der Waals surface area contributed by atoms with E-state index in [0.717, 1.165) is 35.6 Å². The van der Waals surface area contributed by atoms with Gasteiger partial charge in [-0.05, 0) is 35.2 Å². The van der Waals surface area contributed by atoms with Gasteiger partial charge < -0.3 is 4.90 Å². The van der Waals surface area contributed by atoms with Gasteiger partial charge in [0.1, 0.15) is 0 Å². The van der Waals surface area contributed by atoms with Crippen molar-refractivity contribution in [3.63, 3.8) is 0 Å². The lowest BCUT2D eigenvalue weighted by Gasteiger charge is -2.31. The maximum atomic E-state index is 6.41. The fourth-order valence-corrected chi connectivity index (χ4v) is 3.26. The van der Waals surface area contributed by atoms with Gasteiger partial charge in [0.15, 0.2) is 0 Å². The van der Waals surface area contributed by atoms with Gasteiger partial charge in [-0.3, -0.25) is 0 Å². The molecule has 0 aromatic heterocycles. The van der Waals surface area contributed by atoms with Crippen molar-refractivity contribution in [2.24, 2.45) is 0 Å². The first-order valence-electron chi connectivity index (χ1n) is 6.44. The maximum Gasteiger partial charge on any atom is 0.0642 e. The predicted octanol–water partition coefficient (Wildman–Crippen LogP) is 4.80. The molecular formula is C16H15BrClN. The van der Waals surface area contributed by atoms with Crippen molar-refractivity contribution in [2.75, 3.05) is 11.4 Å². The lowest BCUT2D eigenvalue weighted by molar-refractivity contribution is 0.732. The molecule has 0 bridgehead atoms. The molecule has 1 aliphatic heterocycles. The van der Waals surface area contributed by atoms with Crippen LogP contribution in [-0.2, 0) is 18.3 Å². The summed E-state index contributed by atoms with van der Waals surface area (Å²) in [5.74, 6) is 0. The van der Waals surface area contributed by atoms with E-state index in [4.69, 9.17) is 11.6 Å². The Kier molecular flexibility index (Phi) is 3.81. The van der Waals surface area contributed by atoms with Crippen molar-refractivity contribution < 1.29 is 0 Å². The quantitative estimate of drug-likeness (QED) is 0.712. The zero-order chi connectivity index (χ0) is 13.2. The number of alkyl halides is 1. The highest BCUT2D eigenvalue weighted by Gasteiger charge is 2.17. The van der Waals surface area contributed by atoms with Crippen molar-refractivity contribution in [3.8, 4) is 0 Å². The van der Waals surface area contributed by atoms with E-state index < -0.39 is 0 Å². The van der Waals surface area contributed by atoms with Crippen LogP contribution in [0.3, 0.4) is 0 Å². The van der Waals surface area contributed by atoms with Gasteiger partial charge >= 0.3 is 0 Å². The highest BCUT2D eigenvalue weighted by Crippen LogP contribution is 2.31. The van der Waals surface area contributed by atoms with Crippen LogP contribution in [0.2, 0.25) is 5.02 Å². The minimum atomic E-state index is 0.843. The molecule has 3 rings (SSSR count). The monoisotopic (exact) mass is 335 g/mol. The summed E-state index contributed by atoms with van der Waals surface area (Å²) in [6, 6.07) is 15.0. The molecule has 2 aromatic rings. The van der Waals surface area contributed by atoms with E-state index in [1.165, 1.54) is 16.7 Å². The minimum Gasteiger partial charge on any atom is -0.366 e. The molecule has 0 saturated carbocycles. The molecule has 19 heavy (non-hydrogen) atoms. The second-order valence-electron chi connectivity index (χ2n) is 4.86. The molecule has 0 N–H and O–H groups in total. The number of hydrogen-bond donors (Lipinski definition) is 0. The fourth-order valence-electron chi connectivity index (χ4n) is 2.59. The van der Waals surface area contributed by atoms with Crippen LogP contribution >= 0.6 is 27.5 Å². The summed E-state index contributed by atoms with van der Waals surface area (Å²) in [6.45, 7) is 1.98. The number of rotatable bonds is 2. The Morgan fingerprint density at radius 2 is 1.89 bits per heavy atom. The van der Waals surface area contributed by atoms with E-state index in [0.29, 0.717) is 0 Å². The zero-order valence-corrected chi connectivity index (χ0v) is 12.9. The summed E-state index contributed by atoms with van der Waals surface area (Å²) in [6.07, 6.45) is 1.09. The largest absolute Gasteiger partial charge is 0.366 e. The SMILES string of the molecule is Clc1cc(CBr)ccc1N1CCc2ccccc2C1. The summed E-state index contributed by atoms with van der Waals surface area (Å²) in [7, 11) is 0. The first kappa shape index (κ1) is 13.0. The van der Waals surface area contributed by atoms with Crippen LogP contribution in [0.25, 0.3) is 0 Å². The van der Waals surface area contributed by atoms with Gasteiger partial charge in [0.25, 0.3) is 0 Å². The van der Waals surface area contributed by atoms with Crippen LogP contribution in [0.4, 0.5) is 5.69 Å². The molecule has 1 heterocycles.